The van der Waals surface area contributed by atoms with Crippen molar-refractivity contribution >= 4 is 38.1 Å². The fourth-order valence-electron chi connectivity index (χ4n) is 1.90. The molecule has 1 N–H and O–H groups in total. The first kappa shape index (κ1) is 15.3. The summed E-state index contributed by atoms with van der Waals surface area (Å²) in [6, 6.07) is 15.3. The van der Waals surface area contributed by atoms with Gasteiger partial charge in [-0.1, -0.05) is 18.2 Å². The normalized spacial score (nSPS) is 12.9. The van der Waals surface area contributed by atoms with E-state index in [9.17, 15) is 8.42 Å². The molecule has 0 radical (unpaired) electrons. The maximum atomic E-state index is 11.5. The van der Waals surface area contributed by atoms with Crippen LogP contribution in [-0.2, 0) is 9.84 Å². The molecule has 0 aliphatic rings. The summed E-state index contributed by atoms with van der Waals surface area (Å²) in [4.78, 5) is 0.331. The molecule has 0 saturated carbocycles. The molecule has 2 rings (SSSR count). The van der Waals surface area contributed by atoms with E-state index in [0.717, 1.165) is 11.3 Å². The van der Waals surface area contributed by atoms with Crippen LogP contribution in [0.3, 0.4) is 0 Å². The molecule has 2 aromatic carbocycles. The van der Waals surface area contributed by atoms with E-state index >= 15 is 0 Å². The van der Waals surface area contributed by atoms with Crippen molar-refractivity contribution in [2.24, 2.45) is 0 Å². The van der Waals surface area contributed by atoms with E-state index < -0.39 is 9.84 Å². The average Bonchev–Trinajstić information content (AvgIpc) is 2.38. The van der Waals surface area contributed by atoms with Gasteiger partial charge in [0, 0.05) is 21.6 Å². The van der Waals surface area contributed by atoms with E-state index in [0.29, 0.717) is 4.90 Å². The number of nitrogens with one attached hydrogen (secondary N) is 1. The molecular formula is C15H16INO2S. The van der Waals surface area contributed by atoms with E-state index in [-0.39, 0.29) is 6.04 Å². The van der Waals surface area contributed by atoms with Crippen LogP contribution in [0.2, 0.25) is 0 Å². The summed E-state index contributed by atoms with van der Waals surface area (Å²) in [6.45, 7) is 2.05. The molecule has 5 heteroatoms. The molecule has 0 fully saturated rings. The third-order valence-corrected chi connectivity index (χ3v) is 4.84. The molecule has 1 atom stereocenters. The first-order valence-corrected chi connectivity index (χ1v) is 9.15. The molecule has 0 spiro atoms. The minimum Gasteiger partial charge on any atom is -0.378 e. The molecule has 20 heavy (non-hydrogen) atoms. The molecule has 3 nitrogen and oxygen atoms in total. The Kier molecular flexibility index (Phi) is 4.70. The molecule has 0 amide bonds. The van der Waals surface area contributed by atoms with Crippen molar-refractivity contribution in [1.29, 1.82) is 0 Å². The van der Waals surface area contributed by atoms with Crippen LogP contribution in [0.4, 0.5) is 5.69 Å². The van der Waals surface area contributed by atoms with Gasteiger partial charge in [0.2, 0.25) is 0 Å². The third-order valence-electron chi connectivity index (χ3n) is 3.02. The Hall–Kier alpha value is -1.08. The molecule has 0 aliphatic heterocycles. The molecule has 106 valence electrons. The summed E-state index contributed by atoms with van der Waals surface area (Å²) in [5.41, 5.74) is 1.97. The van der Waals surface area contributed by atoms with Gasteiger partial charge in [-0.05, 0) is 65.4 Å². The Morgan fingerprint density at radius 2 is 1.75 bits per heavy atom. The van der Waals surface area contributed by atoms with Gasteiger partial charge in [0.05, 0.1) is 4.90 Å². The maximum Gasteiger partial charge on any atom is 0.175 e. The second-order valence-electron chi connectivity index (χ2n) is 4.72. The monoisotopic (exact) mass is 401 g/mol. The van der Waals surface area contributed by atoms with Crippen LogP contribution in [0.1, 0.15) is 18.5 Å². The highest BCUT2D eigenvalue weighted by Crippen LogP contribution is 2.22. The van der Waals surface area contributed by atoms with Crippen molar-refractivity contribution in [3.8, 4) is 0 Å². The molecule has 0 aliphatic carbocycles. The zero-order valence-electron chi connectivity index (χ0n) is 11.3. The number of hydrogen-bond acceptors (Lipinski definition) is 3. The topological polar surface area (TPSA) is 46.2 Å². The first-order chi connectivity index (χ1) is 9.36. The summed E-state index contributed by atoms with van der Waals surface area (Å²) in [7, 11) is -3.17. The van der Waals surface area contributed by atoms with Crippen LogP contribution in [0, 0.1) is 3.57 Å². The summed E-state index contributed by atoms with van der Waals surface area (Å²) in [6.07, 6.45) is 1.22. The third kappa shape index (κ3) is 3.96. The molecule has 0 saturated heterocycles. The van der Waals surface area contributed by atoms with E-state index in [1.165, 1.54) is 9.83 Å². The number of sulfone groups is 1. The number of hydrogen-bond donors (Lipinski definition) is 1. The Morgan fingerprint density at radius 1 is 1.10 bits per heavy atom. The SMILES string of the molecule is CC(Nc1cccc(S(C)(=O)=O)c1)c1ccc(I)cc1. The van der Waals surface area contributed by atoms with Crippen LogP contribution in [0.15, 0.2) is 53.4 Å². The lowest BCUT2D eigenvalue weighted by atomic mass is 10.1. The molecule has 0 aromatic heterocycles. The van der Waals surface area contributed by atoms with Crippen molar-refractivity contribution in [3.63, 3.8) is 0 Å². The van der Waals surface area contributed by atoms with Crippen LogP contribution < -0.4 is 5.32 Å². The summed E-state index contributed by atoms with van der Waals surface area (Å²) in [5, 5.41) is 3.32. The molecule has 2 aromatic rings. The van der Waals surface area contributed by atoms with Gasteiger partial charge >= 0.3 is 0 Å². The fourth-order valence-corrected chi connectivity index (χ4v) is 2.93. The van der Waals surface area contributed by atoms with Gasteiger partial charge in [0.1, 0.15) is 0 Å². The highest BCUT2D eigenvalue weighted by Gasteiger charge is 2.09. The first-order valence-electron chi connectivity index (χ1n) is 6.18. The maximum absolute atomic E-state index is 11.5. The Bertz CT molecular complexity index is 696. The van der Waals surface area contributed by atoms with E-state index in [2.05, 4.69) is 59.1 Å². The van der Waals surface area contributed by atoms with E-state index in [1.54, 1.807) is 18.2 Å². The zero-order valence-corrected chi connectivity index (χ0v) is 14.3. The second kappa shape index (κ2) is 6.13. The Balaban J connectivity index is 2.20. The summed E-state index contributed by atoms with van der Waals surface area (Å²) >= 11 is 2.27. The molecular weight excluding hydrogens is 385 g/mol. The van der Waals surface area contributed by atoms with Crippen molar-refractivity contribution < 1.29 is 8.42 Å². The quantitative estimate of drug-likeness (QED) is 0.792. The van der Waals surface area contributed by atoms with Gasteiger partial charge in [-0.3, -0.25) is 0 Å². The standard InChI is InChI=1S/C15H16INO2S/c1-11(12-6-8-13(16)9-7-12)17-14-4-3-5-15(10-14)20(2,18)19/h3-11,17H,1-2H3. The lowest BCUT2D eigenvalue weighted by molar-refractivity contribution is 0.602. The minimum absolute atomic E-state index is 0.113. The fraction of sp³-hybridized carbons (Fsp3) is 0.200. The second-order valence-corrected chi connectivity index (χ2v) is 7.98. The van der Waals surface area contributed by atoms with Crippen LogP contribution in [0.5, 0.6) is 0 Å². The summed E-state index contributed by atoms with van der Waals surface area (Å²) < 4.78 is 24.3. The van der Waals surface area contributed by atoms with Crippen molar-refractivity contribution in [1.82, 2.24) is 0 Å². The van der Waals surface area contributed by atoms with Crippen molar-refractivity contribution in [2.45, 2.75) is 17.9 Å². The smallest absolute Gasteiger partial charge is 0.175 e. The molecule has 0 heterocycles. The number of benzene rings is 2. The van der Waals surface area contributed by atoms with Gasteiger partial charge in [-0.15, -0.1) is 0 Å². The zero-order chi connectivity index (χ0) is 14.8. The van der Waals surface area contributed by atoms with Crippen LogP contribution >= 0.6 is 22.6 Å². The number of anilines is 1. The largest absolute Gasteiger partial charge is 0.378 e. The van der Waals surface area contributed by atoms with Gasteiger partial charge in [0.15, 0.2) is 9.84 Å². The number of rotatable bonds is 4. The highest BCUT2D eigenvalue weighted by atomic mass is 127. The lowest BCUT2D eigenvalue weighted by Gasteiger charge is -2.16. The Labute approximate surface area is 133 Å². The molecule has 1 unspecified atom stereocenters. The van der Waals surface area contributed by atoms with Gasteiger partial charge in [0.25, 0.3) is 0 Å². The predicted molar refractivity (Wildman–Crippen MR) is 90.7 cm³/mol. The van der Waals surface area contributed by atoms with Crippen molar-refractivity contribution in [2.75, 3.05) is 11.6 Å². The number of halogens is 1. The van der Waals surface area contributed by atoms with E-state index in [4.69, 9.17) is 0 Å². The van der Waals surface area contributed by atoms with Crippen LogP contribution in [0.25, 0.3) is 0 Å². The minimum atomic E-state index is -3.17. The van der Waals surface area contributed by atoms with Gasteiger partial charge < -0.3 is 5.32 Å². The van der Waals surface area contributed by atoms with Gasteiger partial charge in [-0.25, -0.2) is 8.42 Å². The highest BCUT2D eigenvalue weighted by molar-refractivity contribution is 14.1. The average molecular weight is 401 g/mol. The van der Waals surface area contributed by atoms with Crippen LogP contribution in [-0.4, -0.2) is 14.7 Å². The molecule has 0 bridgehead atoms. The predicted octanol–water partition coefficient (Wildman–Crippen LogP) is 3.87. The van der Waals surface area contributed by atoms with E-state index in [1.807, 2.05) is 6.07 Å². The van der Waals surface area contributed by atoms with Gasteiger partial charge in [-0.2, -0.15) is 0 Å². The summed E-state index contributed by atoms with van der Waals surface area (Å²) in [5.74, 6) is 0. The lowest BCUT2D eigenvalue weighted by Crippen LogP contribution is -2.07. The van der Waals surface area contributed by atoms with Crippen molar-refractivity contribution in [3.05, 3.63) is 57.7 Å². The Morgan fingerprint density at radius 3 is 2.35 bits per heavy atom.